The van der Waals surface area contributed by atoms with Gasteiger partial charge in [-0.25, -0.2) is 4.39 Å². The highest BCUT2D eigenvalue weighted by Crippen LogP contribution is 2.24. The molecule has 1 unspecified atom stereocenters. The van der Waals surface area contributed by atoms with E-state index in [9.17, 15) is 4.39 Å². The molecular formula is C14H21FN2O. The molecule has 1 aliphatic heterocycles. The number of morpholine rings is 1. The van der Waals surface area contributed by atoms with E-state index in [0.717, 1.165) is 18.7 Å². The topological polar surface area (TPSA) is 38.5 Å². The van der Waals surface area contributed by atoms with Gasteiger partial charge in [0.05, 0.1) is 17.4 Å². The fourth-order valence-electron chi connectivity index (χ4n) is 2.67. The molecule has 0 spiro atoms. The Hall–Kier alpha value is -1.13. The Morgan fingerprint density at radius 1 is 1.50 bits per heavy atom. The van der Waals surface area contributed by atoms with Crippen molar-refractivity contribution in [1.82, 2.24) is 4.90 Å². The van der Waals surface area contributed by atoms with Gasteiger partial charge in [-0.2, -0.15) is 0 Å². The van der Waals surface area contributed by atoms with Crippen LogP contribution in [0.15, 0.2) is 18.2 Å². The summed E-state index contributed by atoms with van der Waals surface area (Å²) < 4.78 is 19.2. The van der Waals surface area contributed by atoms with Crippen LogP contribution < -0.4 is 5.73 Å². The van der Waals surface area contributed by atoms with Gasteiger partial charge < -0.3 is 10.5 Å². The summed E-state index contributed by atoms with van der Waals surface area (Å²) in [5, 5.41) is 0. The summed E-state index contributed by atoms with van der Waals surface area (Å²) in [5.41, 5.74) is 6.71. The van der Waals surface area contributed by atoms with Crippen LogP contribution in [-0.2, 0) is 11.3 Å². The van der Waals surface area contributed by atoms with Crippen molar-refractivity contribution in [2.45, 2.75) is 39.0 Å². The van der Waals surface area contributed by atoms with Gasteiger partial charge in [-0.05, 0) is 32.4 Å². The zero-order valence-corrected chi connectivity index (χ0v) is 11.2. The maximum absolute atomic E-state index is 13.4. The number of nitrogens with zero attached hydrogens (tertiary/aromatic N) is 1. The summed E-state index contributed by atoms with van der Waals surface area (Å²) in [4.78, 5) is 2.26. The number of hydrogen-bond acceptors (Lipinski definition) is 3. The maximum atomic E-state index is 13.4. The summed E-state index contributed by atoms with van der Waals surface area (Å²) >= 11 is 0. The Balaban J connectivity index is 2.11. The molecule has 2 rings (SSSR count). The van der Waals surface area contributed by atoms with Crippen molar-refractivity contribution in [3.8, 4) is 0 Å². The molecule has 2 N–H and O–H groups in total. The van der Waals surface area contributed by atoms with Gasteiger partial charge in [-0.1, -0.05) is 12.1 Å². The van der Waals surface area contributed by atoms with Gasteiger partial charge in [0.15, 0.2) is 0 Å². The van der Waals surface area contributed by atoms with Crippen molar-refractivity contribution in [1.29, 1.82) is 0 Å². The lowest BCUT2D eigenvalue weighted by molar-refractivity contribution is -0.130. The first-order chi connectivity index (χ1) is 8.37. The first kappa shape index (κ1) is 13.3. The molecule has 1 aromatic rings. The lowest BCUT2D eigenvalue weighted by Gasteiger charge is -2.41. The molecule has 100 valence electrons. The average Bonchev–Trinajstić information content (AvgIpc) is 2.22. The molecule has 4 heteroatoms. The minimum absolute atomic E-state index is 0.167. The van der Waals surface area contributed by atoms with Crippen LogP contribution >= 0.6 is 0 Å². The smallest absolute Gasteiger partial charge is 0.146 e. The van der Waals surface area contributed by atoms with Gasteiger partial charge in [0.2, 0.25) is 0 Å². The molecule has 0 bridgehead atoms. The molecule has 18 heavy (non-hydrogen) atoms. The van der Waals surface area contributed by atoms with Crippen LogP contribution in [0.4, 0.5) is 10.1 Å². The number of benzene rings is 1. The second-order valence-corrected chi connectivity index (χ2v) is 5.67. The summed E-state index contributed by atoms with van der Waals surface area (Å²) in [6.45, 7) is 8.55. The highest BCUT2D eigenvalue weighted by atomic mass is 19.1. The van der Waals surface area contributed by atoms with Gasteiger partial charge in [0, 0.05) is 19.6 Å². The molecule has 1 saturated heterocycles. The summed E-state index contributed by atoms with van der Waals surface area (Å²) in [5.74, 6) is -0.340. The van der Waals surface area contributed by atoms with Crippen molar-refractivity contribution >= 4 is 5.69 Å². The van der Waals surface area contributed by atoms with Crippen LogP contribution in [0.1, 0.15) is 26.3 Å². The van der Waals surface area contributed by atoms with Crippen LogP contribution in [-0.4, -0.2) is 29.7 Å². The summed E-state index contributed by atoms with van der Waals surface area (Å²) in [6.07, 6.45) is 0.184. The van der Waals surface area contributed by atoms with Gasteiger partial charge >= 0.3 is 0 Å². The van der Waals surface area contributed by atoms with Crippen molar-refractivity contribution in [2.24, 2.45) is 0 Å². The number of nitrogens with two attached hydrogens (primary N) is 1. The van der Waals surface area contributed by atoms with E-state index < -0.39 is 0 Å². The third-order valence-electron chi connectivity index (χ3n) is 3.18. The number of para-hydroxylation sites is 1. The van der Waals surface area contributed by atoms with Crippen LogP contribution in [0, 0.1) is 5.82 Å². The third-order valence-corrected chi connectivity index (χ3v) is 3.18. The second kappa shape index (κ2) is 4.86. The number of rotatable bonds is 2. The van der Waals surface area contributed by atoms with Crippen molar-refractivity contribution < 1.29 is 9.13 Å². The van der Waals surface area contributed by atoms with E-state index in [0.29, 0.717) is 6.54 Å². The van der Waals surface area contributed by atoms with E-state index in [4.69, 9.17) is 10.5 Å². The van der Waals surface area contributed by atoms with Gasteiger partial charge in [-0.15, -0.1) is 0 Å². The van der Waals surface area contributed by atoms with Gasteiger partial charge in [-0.3, -0.25) is 4.90 Å². The predicted molar refractivity (Wildman–Crippen MR) is 70.7 cm³/mol. The van der Waals surface area contributed by atoms with E-state index >= 15 is 0 Å². The first-order valence-corrected chi connectivity index (χ1v) is 6.30. The molecule has 1 aliphatic rings. The maximum Gasteiger partial charge on any atom is 0.146 e. The second-order valence-electron chi connectivity index (χ2n) is 5.67. The lowest BCUT2D eigenvalue weighted by Crippen LogP contribution is -2.51. The third kappa shape index (κ3) is 3.00. The number of nitrogen functional groups attached to an aromatic ring is 1. The number of halogens is 1. The quantitative estimate of drug-likeness (QED) is 0.821. The van der Waals surface area contributed by atoms with Crippen LogP contribution in [0.2, 0.25) is 0 Å². The Labute approximate surface area is 108 Å². The predicted octanol–water partition coefficient (Wildman–Crippen LogP) is 2.41. The number of hydrogen-bond donors (Lipinski definition) is 1. The normalized spacial score (nSPS) is 24.1. The highest BCUT2D eigenvalue weighted by Gasteiger charge is 2.31. The Morgan fingerprint density at radius 2 is 2.22 bits per heavy atom. The molecule has 1 fully saturated rings. The molecule has 1 atom stereocenters. The molecule has 0 amide bonds. The largest absolute Gasteiger partial charge is 0.396 e. The molecule has 0 aromatic heterocycles. The fourth-order valence-corrected chi connectivity index (χ4v) is 2.67. The zero-order chi connectivity index (χ0) is 13.3. The standard InChI is InChI=1S/C14H21FN2O/c1-10-7-17(9-14(2,3)18-10)8-11-5-4-6-12(15)13(11)16/h4-6,10H,7-9,16H2,1-3H3. The van der Waals surface area contributed by atoms with Crippen LogP contribution in [0.5, 0.6) is 0 Å². The minimum atomic E-state index is -0.340. The van der Waals surface area contributed by atoms with Gasteiger partial charge in [0.1, 0.15) is 5.82 Å². The summed E-state index contributed by atoms with van der Waals surface area (Å²) in [7, 11) is 0. The molecule has 0 radical (unpaired) electrons. The number of ether oxygens (including phenoxy) is 1. The van der Waals surface area contributed by atoms with E-state index in [-0.39, 0.29) is 23.2 Å². The summed E-state index contributed by atoms with van der Waals surface area (Å²) in [6, 6.07) is 4.98. The molecular weight excluding hydrogens is 231 g/mol. The number of anilines is 1. The van der Waals surface area contributed by atoms with Crippen molar-refractivity contribution in [2.75, 3.05) is 18.8 Å². The van der Waals surface area contributed by atoms with Crippen molar-refractivity contribution in [3.05, 3.63) is 29.6 Å². The van der Waals surface area contributed by atoms with E-state index in [1.165, 1.54) is 6.07 Å². The molecule has 3 nitrogen and oxygen atoms in total. The van der Waals surface area contributed by atoms with E-state index in [1.807, 2.05) is 6.07 Å². The SMILES string of the molecule is CC1CN(Cc2cccc(F)c2N)CC(C)(C)O1. The Kier molecular flexibility index (Phi) is 3.59. The van der Waals surface area contributed by atoms with Gasteiger partial charge in [0.25, 0.3) is 0 Å². The molecule has 0 aliphatic carbocycles. The van der Waals surface area contributed by atoms with E-state index in [2.05, 4.69) is 25.7 Å². The highest BCUT2D eigenvalue weighted by molar-refractivity contribution is 5.47. The van der Waals surface area contributed by atoms with Crippen molar-refractivity contribution in [3.63, 3.8) is 0 Å². The lowest BCUT2D eigenvalue weighted by atomic mass is 10.0. The van der Waals surface area contributed by atoms with Crippen LogP contribution in [0.25, 0.3) is 0 Å². The Bertz CT molecular complexity index is 434. The minimum Gasteiger partial charge on any atom is -0.396 e. The Morgan fingerprint density at radius 3 is 2.89 bits per heavy atom. The fraction of sp³-hybridized carbons (Fsp3) is 0.571. The molecule has 1 heterocycles. The monoisotopic (exact) mass is 252 g/mol. The van der Waals surface area contributed by atoms with Crippen LogP contribution in [0.3, 0.4) is 0 Å². The first-order valence-electron chi connectivity index (χ1n) is 6.30. The zero-order valence-electron chi connectivity index (χ0n) is 11.2. The average molecular weight is 252 g/mol. The molecule has 0 saturated carbocycles. The van der Waals surface area contributed by atoms with E-state index in [1.54, 1.807) is 6.07 Å². The molecule has 1 aromatic carbocycles.